The third-order valence-corrected chi connectivity index (χ3v) is 7.78. The molecule has 0 atom stereocenters. The van der Waals surface area contributed by atoms with E-state index in [0.717, 1.165) is 38.7 Å². The number of thiophene rings is 1. The van der Waals surface area contributed by atoms with Gasteiger partial charge in [-0.25, -0.2) is 8.42 Å². The lowest BCUT2D eigenvalue weighted by Gasteiger charge is -2.19. The van der Waals surface area contributed by atoms with Crippen molar-refractivity contribution in [1.29, 1.82) is 0 Å². The zero-order valence-electron chi connectivity index (χ0n) is 14.2. The normalized spacial score (nSPS) is 14.1. The van der Waals surface area contributed by atoms with Gasteiger partial charge in [0, 0.05) is 17.0 Å². The van der Waals surface area contributed by atoms with Crippen molar-refractivity contribution in [3.63, 3.8) is 0 Å². The Labute approximate surface area is 150 Å². The minimum atomic E-state index is -3.59. The lowest BCUT2D eigenvalue weighted by molar-refractivity contribution is 0.427. The van der Waals surface area contributed by atoms with Crippen molar-refractivity contribution >= 4 is 27.0 Å². The van der Waals surface area contributed by atoms with Crippen LogP contribution in [-0.4, -0.2) is 20.1 Å². The highest BCUT2D eigenvalue weighted by atomic mass is 32.2. The molecule has 0 unspecified atom stereocenters. The minimum absolute atomic E-state index is 0.345. The summed E-state index contributed by atoms with van der Waals surface area (Å²) in [5.74, 6) is 0.647. The van der Waals surface area contributed by atoms with E-state index in [1.165, 1.54) is 15.6 Å². The number of rotatable bonds is 3. The first-order valence-electron chi connectivity index (χ1n) is 8.04. The molecule has 0 spiro atoms. The number of aryl methyl sites for hydroxylation is 2. The summed E-state index contributed by atoms with van der Waals surface area (Å²) in [6.45, 7) is 6.12. The fourth-order valence-electron chi connectivity index (χ4n) is 3.15. The van der Waals surface area contributed by atoms with Gasteiger partial charge in [-0.1, -0.05) is 23.4 Å². The highest BCUT2D eigenvalue weighted by molar-refractivity contribution is 7.93. The summed E-state index contributed by atoms with van der Waals surface area (Å²) in [5.41, 5.74) is 3.61. The maximum absolute atomic E-state index is 13.2. The largest absolute Gasteiger partial charge is 0.355 e. The van der Waals surface area contributed by atoms with Crippen LogP contribution < -0.4 is 4.31 Å². The summed E-state index contributed by atoms with van der Waals surface area (Å²) in [5, 5.41) is 3.97. The standard InChI is InChI=1S/C18H18N2O3S2/c1-11-12(2)19-23-18(11)16-10-17(13(3)24-16)25(21,22)20-9-8-14-6-4-5-7-15(14)20/h4-7,10H,8-9H2,1-3H3. The molecule has 4 rings (SSSR count). The van der Waals surface area contributed by atoms with Crippen LogP contribution in [0.25, 0.3) is 10.6 Å². The number of anilines is 1. The average molecular weight is 374 g/mol. The molecular weight excluding hydrogens is 356 g/mol. The fraction of sp³-hybridized carbons (Fsp3) is 0.278. The first-order chi connectivity index (χ1) is 11.9. The number of hydrogen-bond acceptors (Lipinski definition) is 5. The topological polar surface area (TPSA) is 63.4 Å². The maximum atomic E-state index is 13.2. The van der Waals surface area contributed by atoms with Crippen LogP contribution in [0.3, 0.4) is 0 Å². The number of nitrogens with zero attached hydrogens (tertiary/aromatic N) is 2. The molecule has 0 bridgehead atoms. The number of hydrogen-bond donors (Lipinski definition) is 0. The Kier molecular flexibility index (Phi) is 3.73. The molecule has 0 N–H and O–H groups in total. The molecule has 0 amide bonds. The van der Waals surface area contributed by atoms with E-state index in [-0.39, 0.29) is 0 Å². The second kappa shape index (κ2) is 5.71. The summed E-state index contributed by atoms with van der Waals surface area (Å²) in [7, 11) is -3.59. The Balaban J connectivity index is 1.79. The number of para-hydroxylation sites is 1. The monoisotopic (exact) mass is 374 g/mol. The van der Waals surface area contributed by atoms with Crippen molar-refractivity contribution in [3.05, 3.63) is 52.0 Å². The second-order valence-corrected chi connectivity index (χ2v) is 9.30. The number of benzene rings is 1. The molecule has 0 aliphatic carbocycles. The Morgan fingerprint density at radius 3 is 2.68 bits per heavy atom. The minimum Gasteiger partial charge on any atom is -0.355 e. The van der Waals surface area contributed by atoms with E-state index in [1.807, 2.05) is 45.0 Å². The third kappa shape index (κ3) is 2.49. The lowest BCUT2D eigenvalue weighted by Crippen LogP contribution is -2.29. The highest BCUT2D eigenvalue weighted by Crippen LogP contribution is 2.39. The van der Waals surface area contributed by atoms with Gasteiger partial charge in [-0.2, -0.15) is 0 Å². The van der Waals surface area contributed by atoms with Gasteiger partial charge in [0.1, 0.15) is 4.90 Å². The van der Waals surface area contributed by atoms with Gasteiger partial charge in [0.15, 0.2) is 5.76 Å². The molecule has 1 aromatic carbocycles. The van der Waals surface area contributed by atoms with E-state index >= 15 is 0 Å². The van der Waals surface area contributed by atoms with Crippen LogP contribution in [0.2, 0.25) is 0 Å². The Morgan fingerprint density at radius 2 is 1.96 bits per heavy atom. The van der Waals surface area contributed by atoms with Gasteiger partial charge in [0.2, 0.25) is 0 Å². The number of aromatic nitrogens is 1. The lowest BCUT2D eigenvalue weighted by atomic mass is 10.2. The van der Waals surface area contributed by atoms with Crippen LogP contribution >= 0.6 is 11.3 Å². The third-order valence-electron chi connectivity index (χ3n) is 4.67. The van der Waals surface area contributed by atoms with E-state index < -0.39 is 10.0 Å². The molecule has 0 saturated heterocycles. The van der Waals surface area contributed by atoms with Crippen LogP contribution in [0.1, 0.15) is 21.7 Å². The quantitative estimate of drug-likeness (QED) is 0.693. The molecular formula is C18H18N2O3S2. The first-order valence-corrected chi connectivity index (χ1v) is 10.3. The molecule has 2 aromatic heterocycles. The van der Waals surface area contributed by atoms with Gasteiger partial charge in [0.25, 0.3) is 10.0 Å². The van der Waals surface area contributed by atoms with Gasteiger partial charge in [0.05, 0.1) is 16.3 Å². The maximum Gasteiger partial charge on any atom is 0.265 e. The molecule has 1 aliphatic heterocycles. The zero-order valence-corrected chi connectivity index (χ0v) is 15.9. The fourth-order valence-corrected chi connectivity index (χ4v) is 6.26. The zero-order chi connectivity index (χ0) is 17.8. The number of fused-ring (bicyclic) bond motifs is 1. The molecule has 5 nitrogen and oxygen atoms in total. The van der Waals surface area contributed by atoms with Crippen LogP contribution in [-0.2, 0) is 16.4 Å². The second-order valence-electron chi connectivity index (χ2n) is 6.21. The summed E-state index contributed by atoms with van der Waals surface area (Å²) in [4.78, 5) is 1.90. The van der Waals surface area contributed by atoms with E-state index in [9.17, 15) is 8.42 Å². The van der Waals surface area contributed by atoms with Crippen molar-refractivity contribution in [1.82, 2.24) is 5.16 Å². The Bertz CT molecular complexity index is 1060. The van der Waals surface area contributed by atoms with Gasteiger partial charge in [-0.3, -0.25) is 4.31 Å². The van der Waals surface area contributed by atoms with Crippen molar-refractivity contribution in [2.75, 3.05) is 10.8 Å². The van der Waals surface area contributed by atoms with E-state index in [4.69, 9.17) is 4.52 Å². The van der Waals surface area contributed by atoms with Crippen LogP contribution in [0, 0.1) is 20.8 Å². The Morgan fingerprint density at radius 1 is 1.20 bits per heavy atom. The van der Waals surface area contributed by atoms with Crippen LogP contribution in [0.5, 0.6) is 0 Å². The van der Waals surface area contributed by atoms with Crippen molar-refractivity contribution in [2.45, 2.75) is 32.1 Å². The molecule has 3 aromatic rings. The Hall–Kier alpha value is -2.12. The molecule has 25 heavy (non-hydrogen) atoms. The van der Waals surface area contributed by atoms with Crippen molar-refractivity contribution < 1.29 is 12.9 Å². The van der Waals surface area contributed by atoms with Crippen molar-refractivity contribution in [3.8, 4) is 10.6 Å². The van der Waals surface area contributed by atoms with Crippen LogP contribution in [0.15, 0.2) is 39.8 Å². The highest BCUT2D eigenvalue weighted by Gasteiger charge is 2.33. The molecule has 0 saturated carbocycles. The molecule has 7 heteroatoms. The SMILES string of the molecule is Cc1noc(-c2cc(S(=O)(=O)N3CCc4ccccc43)c(C)s2)c1C. The average Bonchev–Trinajstić information content (AvgIpc) is 3.26. The molecule has 0 fully saturated rings. The van der Waals surface area contributed by atoms with Gasteiger partial charge in [-0.05, 0) is 44.9 Å². The van der Waals surface area contributed by atoms with Gasteiger partial charge < -0.3 is 4.52 Å². The van der Waals surface area contributed by atoms with E-state index in [1.54, 1.807) is 6.07 Å². The summed E-state index contributed by atoms with van der Waals surface area (Å²) in [6.07, 6.45) is 0.742. The summed E-state index contributed by atoms with van der Waals surface area (Å²) < 4.78 is 33.4. The predicted molar refractivity (Wildman–Crippen MR) is 98.7 cm³/mol. The van der Waals surface area contributed by atoms with Gasteiger partial charge >= 0.3 is 0 Å². The molecule has 0 radical (unpaired) electrons. The van der Waals surface area contributed by atoms with E-state index in [2.05, 4.69) is 5.16 Å². The molecule has 1 aliphatic rings. The summed E-state index contributed by atoms with van der Waals surface area (Å²) in [6, 6.07) is 9.38. The predicted octanol–water partition coefficient (Wildman–Crippen LogP) is 4.08. The smallest absolute Gasteiger partial charge is 0.265 e. The number of sulfonamides is 1. The molecule has 3 heterocycles. The van der Waals surface area contributed by atoms with Gasteiger partial charge in [-0.15, -0.1) is 11.3 Å². The first kappa shape index (κ1) is 16.4. The van der Waals surface area contributed by atoms with E-state index in [0.29, 0.717) is 17.2 Å². The van der Waals surface area contributed by atoms with Crippen molar-refractivity contribution in [2.24, 2.45) is 0 Å². The van der Waals surface area contributed by atoms with Crippen LogP contribution in [0.4, 0.5) is 5.69 Å². The molecule has 130 valence electrons. The summed E-state index contributed by atoms with van der Waals surface area (Å²) >= 11 is 1.42.